The van der Waals surface area contributed by atoms with Gasteiger partial charge in [-0.1, -0.05) is 13.3 Å². The smallest absolute Gasteiger partial charge is 0.248 e. The lowest BCUT2D eigenvalue weighted by Crippen LogP contribution is -2.48. The van der Waals surface area contributed by atoms with Crippen LogP contribution in [0.3, 0.4) is 0 Å². The lowest BCUT2D eigenvalue weighted by molar-refractivity contribution is -0.120. The van der Waals surface area contributed by atoms with Crippen LogP contribution < -0.4 is 21.5 Å². The van der Waals surface area contributed by atoms with Crippen LogP contribution >= 0.6 is 0 Å². The summed E-state index contributed by atoms with van der Waals surface area (Å²) in [6, 6.07) is 4.58. The topological polar surface area (TPSA) is 107 Å². The van der Waals surface area contributed by atoms with Crippen molar-refractivity contribution in [3.63, 3.8) is 0 Å². The van der Waals surface area contributed by atoms with Gasteiger partial charge in [0.1, 0.15) is 5.75 Å². The van der Waals surface area contributed by atoms with E-state index in [-0.39, 0.29) is 11.5 Å². The molecule has 0 heterocycles. The Morgan fingerprint density at radius 1 is 1.40 bits per heavy atom. The van der Waals surface area contributed by atoms with Crippen LogP contribution in [-0.2, 0) is 4.79 Å². The Hall–Kier alpha value is -2.08. The van der Waals surface area contributed by atoms with Crippen LogP contribution in [-0.4, -0.2) is 24.5 Å². The zero-order valence-electron chi connectivity index (χ0n) is 12.0. The molecule has 0 aliphatic heterocycles. The lowest BCUT2D eigenvalue weighted by Gasteiger charge is -2.23. The van der Waals surface area contributed by atoms with E-state index in [0.29, 0.717) is 17.9 Å². The van der Waals surface area contributed by atoms with E-state index < -0.39 is 11.4 Å². The van der Waals surface area contributed by atoms with Crippen molar-refractivity contribution in [2.75, 3.05) is 12.4 Å². The molecule has 1 aromatic carbocycles. The SMILES string of the molecule is CCCC(C)(N)C(=O)Nc1cc(C(N)=O)ccc1OC. The third-order valence-corrected chi connectivity index (χ3v) is 3.02. The van der Waals surface area contributed by atoms with Crippen LogP contribution in [0.25, 0.3) is 0 Å². The molecule has 0 aliphatic carbocycles. The zero-order valence-corrected chi connectivity index (χ0v) is 12.0. The maximum Gasteiger partial charge on any atom is 0.248 e. The number of rotatable bonds is 6. The van der Waals surface area contributed by atoms with Gasteiger partial charge in [-0.3, -0.25) is 9.59 Å². The van der Waals surface area contributed by atoms with Crippen molar-refractivity contribution in [1.82, 2.24) is 0 Å². The van der Waals surface area contributed by atoms with E-state index in [9.17, 15) is 9.59 Å². The van der Waals surface area contributed by atoms with Crippen LogP contribution in [0.4, 0.5) is 5.69 Å². The fraction of sp³-hybridized carbons (Fsp3) is 0.429. The average molecular weight is 279 g/mol. The zero-order chi connectivity index (χ0) is 15.3. The summed E-state index contributed by atoms with van der Waals surface area (Å²) in [6.07, 6.45) is 1.34. The lowest BCUT2D eigenvalue weighted by atomic mass is 9.96. The van der Waals surface area contributed by atoms with E-state index in [1.54, 1.807) is 13.0 Å². The number of carbonyl (C=O) groups excluding carboxylic acids is 2. The number of benzene rings is 1. The Kier molecular flexibility index (Phi) is 5.10. The Balaban J connectivity index is 3.04. The molecule has 0 saturated heterocycles. The number of methoxy groups -OCH3 is 1. The third-order valence-electron chi connectivity index (χ3n) is 3.02. The van der Waals surface area contributed by atoms with Gasteiger partial charge in [-0.25, -0.2) is 0 Å². The number of hydrogen-bond acceptors (Lipinski definition) is 4. The molecule has 20 heavy (non-hydrogen) atoms. The molecule has 5 N–H and O–H groups in total. The van der Waals surface area contributed by atoms with Crippen LogP contribution in [0, 0.1) is 0 Å². The van der Waals surface area contributed by atoms with E-state index >= 15 is 0 Å². The minimum absolute atomic E-state index is 0.287. The van der Waals surface area contributed by atoms with E-state index in [4.69, 9.17) is 16.2 Å². The normalized spacial score (nSPS) is 13.4. The first kappa shape index (κ1) is 16.0. The van der Waals surface area contributed by atoms with Gasteiger partial charge >= 0.3 is 0 Å². The van der Waals surface area contributed by atoms with Gasteiger partial charge in [0.05, 0.1) is 18.3 Å². The second-order valence-corrected chi connectivity index (χ2v) is 4.90. The first-order valence-corrected chi connectivity index (χ1v) is 6.40. The first-order valence-electron chi connectivity index (χ1n) is 6.40. The van der Waals surface area contributed by atoms with Crippen LogP contribution in [0.2, 0.25) is 0 Å². The third kappa shape index (κ3) is 3.71. The molecule has 2 amide bonds. The number of ether oxygens (including phenoxy) is 1. The Labute approximate surface area is 118 Å². The van der Waals surface area contributed by atoms with Gasteiger partial charge in [-0.2, -0.15) is 0 Å². The second kappa shape index (κ2) is 6.38. The summed E-state index contributed by atoms with van der Waals surface area (Å²) in [5, 5.41) is 2.69. The van der Waals surface area contributed by atoms with Gasteiger partial charge in [0.15, 0.2) is 0 Å². The van der Waals surface area contributed by atoms with Gasteiger partial charge in [0, 0.05) is 5.56 Å². The minimum Gasteiger partial charge on any atom is -0.495 e. The van der Waals surface area contributed by atoms with Crippen LogP contribution in [0.1, 0.15) is 37.0 Å². The van der Waals surface area contributed by atoms with Gasteiger partial charge in [0.25, 0.3) is 0 Å². The summed E-state index contributed by atoms with van der Waals surface area (Å²) in [7, 11) is 1.47. The van der Waals surface area contributed by atoms with Crippen molar-refractivity contribution in [2.24, 2.45) is 11.5 Å². The van der Waals surface area contributed by atoms with E-state index in [1.807, 2.05) is 6.92 Å². The molecule has 1 unspecified atom stereocenters. The summed E-state index contributed by atoms with van der Waals surface area (Å²) >= 11 is 0. The predicted octanol–water partition coefficient (Wildman–Crippen LogP) is 1.25. The number of nitrogens with two attached hydrogens (primary N) is 2. The van der Waals surface area contributed by atoms with Crippen LogP contribution in [0.15, 0.2) is 18.2 Å². The molecule has 1 rings (SSSR count). The number of hydrogen-bond donors (Lipinski definition) is 3. The summed E-state index contributed by atoms with van der Waals surface area (Å²) in [6.45, 7) is 3.61. The largest absolute Gasteiger partial charge is 0.495 e. The van der Waals surface area contributed by atoms with Crippen molar-refractivity contribution in [3.8, 4) is 5.75 Å². The highest BCUT2D eigenvalue weighted by Crippen LogP contribution is 2.26. The summed E-state index contributed by atoms with van der Waals surface area (Å²) in [5.41, 5.74) is 10.9. The summed E-state index contributed by atoms with van der Waals surface area (Å²) in [5.74, 6) is -0.470. The Bertz CT molecular complexity index is 512. The highest BCUT2D eigenvalue weighted by atomic mass is 16.5. The van der Waals surface area contributed by atoms with Crippen molar-refractivity contribution in [3.05, 3.63) is 23.8 Å². The molecular weight excluding hydrogens is 258 g/mol. The maximum atomic E-state index is 12.2. The number of carbonyl (C=O) groups is 2. The number of primary amides is 1. The molecule has 0 saturated carbocycles. The van der Waals surface area contributed by atoms with Crippen molar-refractivity contribution in [2.45, 2.75) is 32.2 Å². The van der Waals surface area contributed by atoms with Crippen molar-refractivity contribution >= 4 is 17.5 Å². The fourth-order valence-corrected chi connectivity index (χ4v) is 1.86. The summed E-state index contributed by atoms with van der Waals surface area (Å²) in [4.78, 5) is 23.3. The highest BCUT2D eigenvalue weighted by Gasteiger charge is 2.28. The van der Waals surface area contributed by atoms with E-state index in [1.165, 1.54) is 19.2 Å². The fourth-order valence-electron chi connectivity index (χ4n) is 1.86. The molecule has 0 radical (unpaired) electrons. The minimum atomic E-state index is -0.984. The van der Waals surface area contributed by atoms with Gasteiger partial charge in [-0.05, 0) is 31.5 Å². The molecule has 0 bridgehead atoms. The summed E-state index contributed by atoms with van der Waals surface area (Å²) < 4.78 is 5.15. The monoisotopic (exact) mass is 279 g/mol. The van der Waals surface area contributed by atoms with E-state index in [0.717, 1.165) is 6.42 Å². The van der Waals surface area contributed by atoms with E-state index in [2.05, 4.69) is 5.32 Å². The number of nitrogens with one attached hydrogen (secondary N) is 1. The molecule has 6 nitrogen and oxygen atoms in total. The van der Waals surface area contributed by atoms with Crippen LogP contribution in [0.5, 0.6) is 5.75 Å². The molecular formula is C14H21N3O3. The molecule has 6 heteroatoms. The average Bonchev–Trinajstić information content (AvgIpc) is 2.38. The maximum absolute atomic E-state index is 12.2. The first-order chi connectivity index (χ1) is 9.31. The molecule has 0 fully saturated rings. The molecule has 0 spiro atoms. The standard InChI is InChI=1S/C14H21N3O3/c1-4-7-14(2,16)13(19)17-10-8-9(12(15)18)5-6-11(10)20-3/h5-6,8H,4,7,16H2,1-3H3,(H2,15,18)(H,17,19). The van der Waals surface area contributed by atoms with Gasteiger partial charge in [-0.15, -0.1) is 0 Å². The molecule has 1 atom stereocenters. The molecule has 0 aliphatic rings. The Morgan fingerprint density at radius 2 is 2.05 bits per heavy atom. The number of anilines is 1. The predicted molar refractivity (Wildman–Crippen MR) is 77.6 cm³/mol. The van der Waals surface area contributed by atoms with Crippen molar-refractivity contribution in [1.29, 1.82) is 0 Å². The molecule has 1 aromatic rings. The van der Waals surface area contributed by atoms with Gasteiger partial charge < -0.3 is 21.5 Å². The number of amides is 2. The highest BCUT2D eigenvalue weighted by molar-refractivity contribution is 6.00. The molecule has 110 valence electrons. The molecule has 0 aromatic heterocycles. The Morgan fingerprint density at radius 3 is 2.55 bits per heavy atom. The second-order valence-electron chi connectivity index (χ2n) is 4.90. The quantitative estimate of drug-likeness (QED) is 0.728. The van der Waals surface area contributed by atoms with Crippen molar-refractivity contribution < 1.29 is 14.3 Å². The van der Waals surface area contributed by atoms with Gasteiger partial charge in [0.2, 0.25) is 11.8 Å².